The zero-order valence-corrected chi connectivity index (χ0v) is 20.4. The van der Waals surface area contributed by atoms with E-state index >= 15 is 0 Å². The Morgan fingerprint density at radius 2 is 1.92 bits per heavy atom. The molecule has 0 aliphatic carbocycles. The summed E-state index contributed by atoms with van der Waals surface area (Å²) in [5.74, 6) is 0.397. The van der Waals surface area contributed by atoms with Gasteiger partial charge in [-0.25, -0.2) is 4.98 Å². The van der Waals surface area contributed by atoms with Crippen molar-refractivity contribution in [3.05, 3.63) is 71.7 Å². The molecule has 0 amide bonds. The van der Waals surface area contributed by atoms with Crippen molar-refractivity contribution < 1.29 is 27.1 Å². The van der Waals surface area contributed by atoms with E-state index < -0.39 is 18.8 Å². The number of rotatable bonds is 7. The lowest BCUT2D eigenvalue weighted by Gasteiger charge is -2.35. The van der Waals surface area contributed by atoms with Gasteiger partial charge in [0.1, 0.15) is 19.0 Å². The second-order valence-electron chi connectivity index (χ2n) is 9.48. The van der Waals surface area contributed by atoms with Crippen LogP contribution >= 0.6 is 0 Å². The number of nitrogens with zero attached hydrogens (tertiary/aromatic N) is 3. The van der Waals surface area contributed by atoms with Crippen molar-refractivity contribution in [1.29, 1.82) is 0 Å². The first kappa shape index (κ1) is 25.5. The lowest BCUT2D eigenvalue weighted by atomic mass is 9.90. The Morgan fingerprint density at radius 3 is 2.57 bits per heavy atom. The third-order valence-electron chi connectivity index (χ3n) is 6.75. The van der Waals surface area contributed by atoms with Crippen LogP contribution in [0.5, 0.6) is 5.88 Å². The highest BCUT2D eigenvalue weighted by Crippen LogP contribution is 2.43. The molecule has 2 atom stereocenters. The van der Waals surface area contributed by atoms with Crippen LogP contribution in [0.2, 0.25) is 0 Å². The maximum Gasteiger partial charge on any atom is 0.393 e. The number of allylic oxidation sites excluding steroid dienone is 2. The molecule has 4 heterocycles. The zero-order valence-electron chi connectivity index (χ0n) is 20.4. The number of pyridine rings is 1. The Balaban J connectivity index is 1.61. The monoisotopic (exact) mass is 518 g/mol. The summed E-state index contributed by atoms with van der Waals surface area (Å²) >= 11 is 0. The average Bonchev–Trinajstić information content (AvgIpc) is 3.54. The van der Waals surface area contributed by atoms with E-state index in [4.69, 9.17) is 9.47 Å². The van der Waals surface area contributed by atoms with Gasteiger partial charge in [0.2, 0.25) is 5.88 Å². The molecule has 1 N–H and O–H groups in total. The summed E-state index contributed by atoms with van der Waals surface area (Å²) in [4.78, 5) is 6.12. The maximum absolute atomic E-state index is 14.7. The number of halogens is 4. The van der Waals surface area contributed by atoms with Crippen LogP contribution in [0.1, 0.15) is 43.2 Å². The molecule has 2 fully saturated rings. The minimum absolute atomic E-state index is 0.00458. The van der Waals surface area contributed by atoms with Crippen LogP contribution in [0.3, 0.4) is 0 Å². The number of aromatic nitrogens is 1. The number of nitrogens with one attached hydrogen (secondary N) is 1. The summed E-state index contributed by atoms with van der Waals surface area (Å²) in [6.07, 6.45) is -0.0141. The second-order valence-corrected chi connectivity index (χ2v) is 9.48. The average molecular weight is 519 g/mol. The van der Waals surface area contributed by atoms with Crippen LogP contribution in [-0.2, 0) is 4.74 Å². The minimum atomic E-state index is -4.48. The number of ether oxygens (including phenoxy) is 2. The molecule has 198 valence electrons. The summed E-state index contributed by atoms with van der Waals surface area (Å²) in [5, 5.41) is 3.71. The molecule has 1 aromatic heterocycles. The molecule has 3 aliphatic rings. The molecule has 2 aromatic rings. The summed E-state index contributed by atoms with van der Waals surface area (Å²) in [6.45, 7) is 1.98. The van der Waals surface area contributed by atoms with Gasteiger partial charge in [-0.2, -0.15) is 18.3 Å². The van der Waals surface area contributed by atoms with E-state index in [1.807, 2.05) is 0 Å². The van der Waals surface area contributed by atoms with Gasteiger partial charge >= 0.3 is 6.18 Å². The quantitative estimate of drug-likeness (QED) is 0.385. The van der Waals surface area contributed by atoms with E-state index in [2.05, 4.69) is 10.3 Å². The predicted molar refractivity (Wildman–Crippen MR) is 131 cm³/mol. The number of hydrogen-bond donors (Lipinski definition) is 1. The van der Waals surface area contributed by atoms with E-state index in [1.54, 1.807) is 47.4 Å². The lowest BCUT2D eigenvalue weighted by Crippen LogP contribution is -2.39. The summed E-state index contributed by atoms with van der Waals surface area (Å²) in [5.41, 5.74) is 1.52. The van der Waals surface area contributed by atoms with Crippen LogP contribution in [0, 0.1) is 0 Å². The van der Waals surface area contributed by atoms with Gasteiger partial charge in [-0.1, -0.05) is 34.8 Å². The highest BCUT2D eigenvalue weighted by molar-refractivity contribution is 5.98. The molecule has 0 bridgehead atoms. The highest BCUT2D eigenvalue weighted by atomic mass is 19.4. The van der Waals surface area contributed by atoms with E-state index in [9.17, 15) is 17.7 Å². The van der Waals surface area contributed by atoms with Crippen molar-refractivity contribution in [2.75, 3.05) is 26.4 Å². The molecule has 3 aliphatic heterocycles. The number of benzene rings is 1. The van der Waals surface area contributed by atoms with Gasteiger partial charge in [-0.3, -0.25) is 0 Å². The molecule has 5 rings (SSSR count). The maximum atomic E-state index is 14.7. The fraction of sp³-hybridized carbons (Fsp3) is 0.444. The number of alkyl halides is 3. The van der Waals surface area contributed by atoms with Gasteiger partial charge in [-0.05, 0) is 49.4 Å². The fourth-order valence-corrected chi connectivity index (χ4v) is 5.04. The van der Waals surface area contributed by atoms with E-state index in [1.165, 1.54) is 12.4 Å². The first-order valence-electron chi connectivity index (χ1n) is 12.6. The van der Waals surface area contributed by atoms with Gasteiger partial charge in [0.15, 0.2) is 0 Å². The summed E-state index contributed by atoms with van der Waals surface area (Å²) in [7, 11) is 0. The van der Waals surface area contributed by atoms with Crippen LogP contribution < -0.4 is 10.1 Å². The second kappa shape index (κ2) is 11.1. The van der Waals surface area contributed by atoms with Crippen molar-refractivity contribution in [2.24, 2.45) is 0 Å². The molecule has 37 heavy (non-hydrogen) atoms. The molecular formula is C27H30F4N4O2. The van der Waals surface area contributed by atoms with E-state index in [0.29, 0.717) is 47.4 Å². The van der Waals surface area contributed by atoms with Crippen molar-refractivity contribution >= 4 is 11.1 Å². The summed E-state index contributed by atoms with van der Waals surface area (Å²) < 4.78 is 68.4. The molecule has 1 aromatic carbocycles. The first-order chi connectivity index (χ1) is 17.9. The molecule has 6 nitrogen and oxygen atoms in total. The molecule has 0 radical (unpaired) electrons. The van der Waals surface area contributed by atoms with Gasteiger partial charge in [-0.15, -0.1) is 0 Å². The van der Waals surface area contributed by atoms with E-state index in [-0.39, 0.29) is 23.9 Å². The van der Waals surface area contributed by atoms with Crippen LogP contribution in [-0.4, -0.2) is 59.9 Å². The Labute approximate surface area is 213 Å². The SMILES string of the molecule is FN1C=C(/C(=C(/CC(F)(F)F)c2ccccc2)c2ccc(O[C@H]3CCNC3)nc2)N(C2CCCCO2)C1. The number of hydrogen-bond acceptors (Lipinski definition) is 6. The third-order valence-corrected chi connectivity index (χ3v) is 6.75. The molecule has 10 heteroatoms. The van der Waals surface area contributed by atoms with Crippen molar-refractivity contribution in [1.82, 2.24) is 20.3 Å². The Morgan fingerprint density at radius 1 is 1.08 bits per heavy atom. The lowest BCUT2D eigenvalue weighted by molar-refractivity contribution is -0.122. The van der Waals surface area contributed by atoms with Gasteiger partial charge in [0.05, 0.1) is 18.3 Å². The largest absolute Gasteiger partial charge is 0.473 e. The van der Waals surface area contributed by atoms with Gasteiger partial charge in [0.25, 0.3) is 0 Å². The predicted octanol–water partition coefficient (Wildman–Crippen LogP) is 5.51. The Bertz CT molecular complexity index is 1110. The van der Waals surface area contributed by atoms with Crippen molar-refractivity contribution in [3.8, 4) is 5.88 Å². The topological polar surface area (TPSA) is 49.9 Å². The minimum Gasteiger partial charge on any atom is -0.473 e. The fourth-order valence-electron chi connectivity index (χ4n) is 5.04. The van der Waals surface area contributed by atoms with Crippen LogP contribution in [0.25, 0.3) is 11.1 Å². The highest BCUT2D eigenvalue weighted by Gasteiger charge is 2.37. The summed E-state index contributed by atoms with van der Waals surface area (Å²) in [6, 6.07) is 11.8. The van der Waals surface area contributed by atoms with Crippen LogP contribution in [0.4, 0.5) is 17.7 Å². The molecule has 2 saturated heterocycles. The van der Waals surface area contributed by atoms with Gasteiger partial charge in [0, 0.05) is 36.6 Å². The van der Waals surface area contributed by atoms with Crippen molar-refractivity contribution in [3.63, 3.8) is 0 Å². The normalized spacial score (nSPS) is 23.2. The van der Waals surface area contributed by atoms with Gasteiger partial charge < -0.3 is 19.7 Å². The first-order valence-corrected chi connectivity index (χ1v) is 12.6. The standard InChI is InChI=1S/C27H30F4N4O2/c28-27(29,30)14-22(19-6-2-1-3-7-19)26(20-9-10-24(33-15-20)37-21-11-12-32-16-21)23-17-34(31)18-35(23)25-8-4-5-13-36-25/h1-3,6-7,9-10,15,17,21,25,32H,4-5,8,11-14,16,18H2/b26-22-/t21-,25?/m0/s1. The molecule has 0 spiro atoms. The molecule has 1 unspecified atom stereocenters. The van der Waals surface area contributed by atoms with E-state index in [0.717, 1.165) is 25.8 Å². The molecule has 0 saturated carbocycles. The third kappa shape index (κ3) is 6.24. The zero-order chi connectivity index (χ0) is 25.8. The smallest absolute Gasteiger partial charge is 0.393 e. The Kier molecular flexibility index (Phi) is 7.66. The Hall–Kier alpha value is -3.11. The molecular weight excluding hydrogens is 488 g/mol. The van der Waals surface area contributed by atoms with Crippen LogP contribution in [0.15, 0.2) is 60.6 Å². The van der Waals surface area contributed by atoms with Crippen molar-refractivity contribution in [2.45, 2.75) is 50.6 Å².